The number of piperidine rings is 1. The summed E-state index contributed by atoms with van der Waals surface area (Å²) in [6.07, 6.45) is 5.60. The van der Waals surface area contributed by atoms with Gasteiger partial charge in [-0.2, -0.15) is 5.26 Å². The minimum absolute atomic E-state index is 0.261. The van der Waals surface area contributed by atoms with Crippen molar-refractivity contribution in [3.63, 3.8) is 0 Å². The van der Waals surface area contributed by atoms with Gasteiger partial charge >= 0.3 is 6.03 Å². The molecule has 4 aromatic rings. The summed E-state index contributed by atoms with van der Waals surface area (Å²) in [4.78, 5) is 15.3. The van der Waals surface area contributed by atoms with Crippen molar-refractivity contribution < 1.29 is 9.53 Å². The summed E-state index contributed by atoms with van der Waals surface area (Å²) < 4.78 is 5.82. The molecule has 6 rings (SSSR count). The smallest absolute Gasteiger partial charge is 0.323 e. The van der Waals surface area contributed by atoms with E-state index in [1.165, 1.54) is 23.1 Å². The monoisotopic (exact) mass is 556 g/mol. The molecule has 6 nitrogen and oxygen atoms in total. The van der Waals surface area contributed by atoms with Crippen molar-refractivity contribution in [2.45, 2.75) is 38.0 Å². The third-order valence-electron chi connectivity index (χ3n) is 8.48. The second-order valence-corrected chi connectivity index (χ2v) is 11.4. The number of ether oxygens (including phenoxy) is 1. The van der Waals surface area contributed by atoms with Gasteiger partial charge in [-0.05, 0) is 134 Å². The van der Waals surface area contributed by atoms with E-state index in [1.54, 1.807) is 0 Å². The summed E-state index contributed by atoms with van der Waals surface area (Å²) in [6.45, 7) is 3.37. The molecule has 2 amide bonds. The number of nitriles is 1. The fourth-order valence-corrected chi connectivity index (χ4v) is 6.26. The van der Waals surface area contributed by atoms with E-state index in [2.05, 4.69) is 45.9 Å². The molecule has 2 N–H and O–H groups in total. The van der Waals surface area contributed by atoms with Crippen LogP contribution in [0.15, 0.2) is 97.1 Å². The Kier molecular flexibility index (Phi) is 8.48. The number of nitrogens with one attached hydrogen (secondary N) is 2. The molecule has 1 unspecified atom stereocenters. The summed E-state index contributed by atoms with van der Waals surface area (Å²) in [5.41, 5.74) is 6.32. The molecule has 4 aromatic carbocycles. The Morgan fingerprint density at radius 2 is 1.55 bits per heavy atom. The molecule has 212 valence electrons. The largest absolute Gasteiger partial charge is 0.457 e. The molecular formula is C36H36N4O2. The average Bonchev–Trinajstić information content (AvgIpc) is 3.03. The van der Waals surface area contributed by atoms with E-state index >= 15 is 0 Å². The van der Waals surface area contributed by atoms with Gasteiger partial charge in [0.2, 0.25) is 0 Å². The number of aryl methyl sites for hydroxylation is 1. The molecule has 1 heterocycles. The predicted octanol–water partition coefficient (Wildman–Crippen LogP) is 7.98. The van der Waals surface area contributed by atoms with Gasteiger partial charge in [0.05, 0.1) is 11.6 Å². The zero-order valence-corrected chi connectivity index (χ0v) is 23.8. The highest BCUT2D eigenvalue weighted by Gasteiger charge is 2.25. The molecule has 1 atom stereocenters. The van der Waals surface area contributed by atoms with Crippen LogP contribution in [0.1, 0.15) is 47.4 Å². The zero-order valence-electron chi connectivity index (χ0n) is 23.8. The molecule has 1 aliphatic carbocycles. The Balaban J connectivity index is 0.966. The van der Waals surface area contributed by atoms with E-state index in [-0.39, 0.29) is 6.03 Å². The highest BCUT2D eigenvalue weighted by Crippen LogP contribution is 2.32. The molecule has 2 aliphatic rings. The fraction of sp³-hybridized carbons (Fsp3) is 0.278. The first-order chi connectivity index (χ1) is 20.6. The lowest BCUT2D eigenvalue weighted by atomic mass is 9.82. The van der Waals surface area contributed by atoms with E-state index in [0.717, 1.165) is 62.3 Å². The number of likely N-dealkylation sites (tertiary alicyclic amines) is 1. The second-order valence-electron chi connectivity index (χ2n) is 11.4. The van der Waals surface area contributed by atoms with Crippen molar-refractivity contribution in [1.29, 1.82) is 5.26 Å². The summed E-state index contributed by atoms with van der Waals surface area (Å²) >= 11 is 0. The van der Waals surface area contributed by atoms with Gasteiger partial charge in [-0.15, -0.1) is 0 Å². The van der Waals surface area contributed by atoms with Gasteiger partial charge in [-0.3, -0.25) is 0 Å². The van der Waals surface area contributed by atoms with Gasteiger partial charge in [0, 0.05) is 17.9 Å². The van der Waals surface area contributed by atoms with Crippen LogP contribution in [0, 0.1) is 17.2 Å². The number of carbonyl (C=O) groups excluding carboxylic acids is 1. The van der Waals surface area contributed by atoms with E-state index in [9.17, 15) is 10.1 Å². The van der Waals surface area contributed by atoms with Crippen molar-refractivity contribution in [3.05, 3.63) is 119 Å². The Labute approximate surface area is 247 Å². The number of hydrogen-bond acceptors (Lipinski definition) is 4. The first-order valence-electron chi connectivity index (χ1n) is 14.9. The lowest BCUT2D eigenvalue weighted by Crippen LogP contribution is -2.38. The van der Waals surface area contributed by atoms with Gasteiger partial charge in [-0.1, -0.05) is 36.4 Å². The molecule has 1 saturated heterocycles. The number of para-hydroxylation sites is 1. The molecule has 0 aromatic heterocycles. The summed E-state index contributed by atoms with van der Waals surface area (Å²) in [6, 6.07) is 33.4. The normalized spacial score (nSPS) is 17.1. The van der Waals surface area contributed by atoms with Crippen molar-refractivity contribution in [2.75, 3.05) is 30.3 Å². The molecule has 0 spiro atoms. The van der Waals surface area contributed by atoms with Crippen molar-refractivity contribution in [3.8, 4) is 17.6 Å². The molecule has 1 aliphatic heterocycles. The Morgan fingerprint density at radius 1 is 0.810 bits per heavy atom. The van der Waals surface area contributed by atoms with Crippen LogP contribution in [0.4, 0.5) is 16.2 Å². The van der Waals surface area contributed by atoms with E-state index < -0.39 is 0 Å². The zero-order chi connectivity index (χ0) is 28.7. The summed E-state index contributed by atoms with van der Waals surface area (Å²) in [5.74, 6) is 2.70. The molecular weight excluding hydrogens is 520 g/mol. The third-order valence-corrected chi connectivity index (χ3v) is 8.48. The number of rotatable bonds is 7. The molecule has 6 heteroatoms. The van der Waals surface area contributed by atoms with Gasteiger partial charge in [0.15, 0.2) is 0 Å². The van der Waals surface area contributed by atoms with Crippen LogP contribution < -0.4 is 15.4 Å². The van der Waals surface area contributed by atoms with Gasteiger partial charge in [-0.25, -0.2) is 4.79 Å². The van der Waals surface area contributed by atoms with Gasteiger partial charge in [0.25, 0.3) is 0 Å². The molecule has 0 radical (unpaired) electrons. The number of nitrogens with zero attached hydrogens (tertiary/aromatic N) is 2. The fourth-order valence-electron chi connectivity index (χ4n) is 6.26. The third kappa shape index (κ3) is 6.99. The summed E-state index contributed by atoms with van der Waals surface area (Å²) in [7, 11) is 0. The maximum atomic E-state index is 12.7. The van der Waals surface area contributed by atoms with E-state index in [4.69, 9.17) is 4.74 Å². The maximum Gasteiger partial charge on any atom is 0.323 e. The number of urea groups is 1. The molecule has 0 bridgehead atoms. The van der Waals surface area contributed by atoms with Gasteiger partial charge < -0.3 is 20.3 Å². The lowest BCUT2D eigenvalue weighted by molar-refractivity contribution is 0.175. The minimum Gasteiger partial charge on any atom is -0.457 e. The number of amides is 2. The van der Waals surface area contributed by atoms with Crippen molar-refractivity contribution >= 4 is 17.4 Å². The molecule has 42 heavy (non-hydrogen) atoms. The number of benzene rings is 4. The Morgan fingerprint density at radius 3 is 2.33 bits per heavy atom. The number of carbonyl (C=O) groups is 1. The maximum absolute atomic E-state index is 12.7. The van der Waals surface area contributed by atoms with Crippen LogP contribution in [-0.4, -0.2) is 30.6 Å². The van der Waals surface area contributed by atoms with Crippen LogP contribution in [-0.2, 0) is 12.8 Å². The van der Waals surface area contributed by atoms with Crippen LogP contribution >= 0.6 is 0 Å². The molecule has 0 saturated carbocycles. The van der Waals surface area contributed by atoms with Crippen LogP contribution in [0.25, 0.3) is 0 Å². The number of anilines is 2. The average molecular weight is 557 g/mol. The topological polar surface area (TPSA) is 77.4 Å². The summed E-state index contributed by atoms with van der Waals surface area (Å²) in [5, 5.41) is 15.1. The lowest BCUT2D eigenvalue weighted by Gasteiger charge is -2.36. The van der Waals surface area contributed by atoms with Crippen molar-refractivity contribution in [2.24, 2.45) is 5.92 Å². The Bertz CT molecular complexity index is 1550. The van der Waals surface area contributed by atoms with Crippen molar-refractivity contribution in [1.82, 2.24) is 4.90 Å². The minimum atomic E-state index is -0.261. The van der Waals surface area contributed by atoms with E-state index in [1.807, 2.05) is 72.8 Å². The predicted molar refractivity (Wildman–Crippen MR) is 167 cm³/mol. The SMILES string of the molecule is N#Cc1cccc(C2CCN(CC3CCc4cc(NC(=O)Nc5ccc(Oc6ccccc6)cc5)ccc4C3)CC2)c1. The van der Waals surface area contributed by atoms with Crippen LogP contribution in [0.5, 0.6) is 11.5 Å². The highest BCUT2D eigenvalue weighted by molar-refractivity contribution is 5.99. The standard InChI is InChI=1S/C36H36N4O2/c37-24-26-5-4-6-29(21-26)28-17-19-40(20-18-28)25-27-9-10-31-23-33(12-11-30(31)22-27)39-36(41)38-32-13-15-35(16-14-32)42-34-7-2-1-3-8-34/h1-8,11-16,21,23,27-28H,9-10,17-20,22,25H2,(H2,38,39,41). The van der Waals surface area contributed by atoms with Gasteiger partial charge in [0.1, 0.15) is 11.5 Å². The first kappa shape index (κ1) is 27.6. The number of hydrogen-bond donors (Lipinski definition) is 2. The molecule has 1 fully saturated rings. The van der Waals surface area contributed by atoms with E-state index in [0.29, 0.717) is 23.3 Å². The second kappa shape index (κ2) is 12.9. The Hall–Kier alpha value is -4.60. The quantitative estimate of drug-likeness (QED) is 0.242. The first-order valence-corrected chi connectivity index (χ1v) is 14.9. The highest BCUT2D eigenvalue weighted by atomic mass is 16.5. The number of fused-ring (bicyclic) bond motifs is 1. The van der Waals surface area contributed by atoms with Crippen LogP contribution in [0.3, 0.4) is 0 Å². The van der Waals surface area contributed by atoms with Crippen LogP contribution in [0.2, 0.25) is 0 Å².